The Bertz CT molecular complexity index is 663. The van der Waals surface area contributed by atoms with Gasteiger partial charge in [-0.2, -0.15) is 4.98 Å². The lowest BCUT2D eigenvalue weighted by molar-refractivity contribution is -0.183. The van der Waals surface area contributed by atoms with E-state index in [-0.39, 0.29) is 5.79 Å². The molecule has 7 heteroatoms. The first kappa shape index (κ1) is 19.5. The molecule has 29 heavy (non-hydrogen) atoms. The van der Waals surface area contributed by atoms with E-state index in [0.29, 0.717) is 12.1 Å². The number of aromatic nitrogens is 2. The van der Waals surface area contributed by atoms with Gasteiger partial charge in [-0.3, -0.25) is 4.90 Å². The van der Waals surface area contributed by atoms with Crippen LogP contribution in [0.5, 0.6) is 0 Å². The second-order valence-electron chi connectivity index (χ2n) is 9.10. The van der Waals surface area contributed by atoms with Gasteiger partial charge >= 0.3 is 0 Å². The van der Waals surface area contributed by atoms with E-state index >= 15 is 0 Å². The van der Waals surface area contributed by atoms with Crippen molar-refractivity contribution in [2.75, 3.05) is 49.6 Å². The molecule has 1 N–H and O–H groups in total. The van der Waals surface area contributed by atoms with Crippen molar-refractivity contribution in [1.82, 2.24) is 14.9 Å². The van der Waals surface area contributed by atoms with Crippen LogP contribution in [-0.2, 0) is 9.47 Å². The molecule has 4 fully saturated rings. The van der Waals surface area contributed by atoms with Crippen molar-refractivity contribution in [1.29, 1.82) is 0 Å². The molecule has 0 bridgehead atoms. The molecule has 3 aliphatic heterocycles. The van der Waals surface area contributed by atoms with E-state index in [9.17, 15) is 0 Å². The van der Waals surface area contributed by atoms with Gasteiger partial charge in [-0.15, -0.1) is 0 Å². The molecule has 4 aliphatic rings. The van der Waals surface area contributed by atoms with Gasteiger partial charge in [0, 0.05) is 57.3 Å². The number of nitrogens with zero attached hydrogens (tertiary/aromatic N) is 4. The molecular formula is C22H35N5O2. The van der Waals surface area contributed by atoms with Gasteiger partial charge < -0.3 is 19.7 Å². The molecule has 1 atom stereocenters. The van der Waals surface area contributed by atoms with Crippen molar-refractivity contribution in [3.63, 3.8) is 0 Å². The fourth-order valence-corrected chi connectivity index (χ4v) is 5.51. The minimum Gasteiger partial charge on any atom is -0.356 e. The van der Waals surface area contributed by atoms with Crippen LogP contribution in [0.1, 0.15) is 57.8 Å². The standard InChI is InChI=1S/C22H35N5O2/c1-2-4-13-26(12-3-1)20-7-11-23-21(25-20)24-18-8-14-27(17-18)19-5-9-22(10-6-19)28-15-16-29-22/h7,11,18-19H,1-6,8-10,12-17H2,(H,23,24,25). The van der Waals surface area contributed by atoms with Crippen LogP contribution in [0.15, 0.2) is 12.3 Å². The van der Waals surface area contributed by atoms with Crippen LogP contribution in [0.3, 0.4) is 0 Å². The van der Waals surface area contributed by atoms with Gasteiger partial charge in [-0.1, -0.05) is 12.8 Å². The minimum atomic E-state index is -0.254. The molecule has 0 amide bonds. The van der Waals surface area contributed by atoms with Gasteiger partial charge in [-0.25, -0.2) is 4.98 Å². The average Bonchev–Trinajstić information content (AvgIpc) is 3.31. The molecule has 1 aliphatic carbocycles. The molecule has 1 saturated carbocycles. The van der Waals surface area contributed by atoms with Gasteiger partial charge in [0.15, 0.2) is 5.79 Å². The molecule has 1 unspecified atom stereocenters. The first-order chi connectivity index (χ1) is 14.3. The van der Waals surface area contributed by atoms with E-state index in [1.807, 2.05) is 6.20 Å². The first-order valence-corrected chi connectivity index (χ1v) is 11.7. The summed E-state index contributed by atoms with van der Waals surface area (Å²) in [6.45, 7) is 5.99. The predicted octanol–water partition coefficient (Wildman–Crippen LogP) is 3.03. The fourth-order valence-electron chi connectivity index (χ4n) is 5.51. The van der Waals surface area contributed by atoms with Gasteiger partial charge in [0.2, 0.25) is 5.95 Å². The highest BCUT2D eigenvalue weighted by atomic mass is 16.7. The van der Waals surface area contributed by atoms with E-state index in [0.717, 1.165) is 70.4 Å². The molecule has 160 valence electrons. The van der Waals surface area contributed by atoms with Gasteiger partial charge in [-0.05, 0) is 38.2 Å². The zero-order valence-electron chi connectivity index (χ0n) is 17.5. The largest absolute Gasteiger partial charge is 0.356 e. The SMILES string of the molecule is c1cc(N2CCCCCC2)nc(NC2CCN(C3CCC4(CC3)OCCO4)C2)n1. The molecule has 5 rings (SSSR count). The van der Waals surface area contributed by atoms with Crippen LogP contribution in [-0.4, -0.2) is 72.1 Å². The van der Waals surface area contributed by atoms with Gasteiger partial charge in [0.25, 0.3) is 0 Å². The number of anilines is 2. The summed E-state index contributed by atoms with van der Waals surface area (Å²) in [5.74, 6) is 1.61. The predicted molar refractivity (Wildman–Crippen MR) is 113 cm³/mol. The zero-order valence-corrected chi connectivity index (χ0v) is 17.5. The lowest BCUT2D eigenvalue weighted by Crippen LogP contribution is -2.44. The number of rotatable bonds is 4. The molecule has 0 radical (unpaired) electrons. The Hall–Kier alpha value is -1.44. The monoisotopic (exact) mass is 401 g/mol. The molecule has 4 heterocycles. The maximum Gasteiger partial charge on any atom is 0.224 e. The van der Waals surface area contributed by atoms with Crippen molar-refractivity contribution < 1.29 is 9.47 Å². The Morgan fingerprint density at radius 2 is 1.72 bits per heavy atom. The summed E-state index contributed by atoms with van der Waals surface area (Å²) in [7, 11) is 0. The first-order valence-electron chi connectivity index (χ1n) is 11.7. The Labute approximate surface area is 174 Å². The topological polar surface area (TPSA) is 62.8 Å². The quantitative estimate of drug-likeness (QED) is 0.832. The second-order valence-corrected chi connectivity index (χ2v) is 9.10. The van der Waals surface area contributed by atoms with Crippen LogP contribution in [0.2, 0.25) is 0 Å². The number of hydrogen-bond donors (Lipinski definition) is 1. The summed E-state index contributed by atoms with van der Waals surface area (Å²) in [6, 6.07) is 3.15. The minimum absolute atomic E-state index is 0.254. The Morgan fingerprint density at radius 3 is 2.48 bits per heavy atom. The number of nitrogens with one attached hydrogen (secondary N) is 1. The van der Waals surface area contributed by atoms with E-state index in [2.05, 4.69) is 26.2 Å². The molecule has 7 nitrogen and oxygen atoms in total. The van der Waals surface area contributed by atoms with Crippen LogP contribution in [0.25, 0.3) is 0 Å². The van der Waals surface area contributed by atoms with Crippen LogP contribution >= 0.6 is 0 Å². The van der Waals surface area contributed by atoms with Crippen molar-refractivity contribution in [2.24, 2.45) is 0 Å². The third kappa shape index (κ3) is 4.52. The van der Waals surface area contributed by atoms with Crippen LogP contribution < -0.4 is 10.2 Å². The Kier molecular flexibility index (Phi) is 5.88. The highest BCUT2D eigenvalue weighted by Gasteiger charge is 2.42. The van der Waals surface area contributed by atoms with E-state index in [4.69, 9.17) is 14.5 Å². The summed E-state index contributed by atoms with van der Waals surface area (Å²) in [6.07, 6.45) is 12.7. The van der Waals surface area contributed by atoms with Crippen molar-refractivity contribution in [3.8, 4) is 0 Å². The number of hydrogen-bond acceptors (Lipinski definition) is 7. The summed E-state index contributed by atoms with van der Waals surface area (Å²) in [4.78, 5) is 14.4. The fraction of sp³-hybridized carbons (Fsp3) is 0.818. The summed E-state index contributed by atoms with van der Waals surface area (Å²) in [5.41, 5.74) is 0. The lowest BCUT2D eigenvalue weighted by atomic mass is 9.89. The second kappa shape index (κ2) is 8.74. The number of ether oxygens (including phenoxy) is 2. The van der Waals surface area contributed by atoms with Crippen LogP contribution in [0.4, 0.5) is 11.8 Å². The van der Waals surface area contributed by atoms with E-state index in [1.54, 1.807) is 0 Å². The van der Waals surface area contributed by atoms with Crippen molar-refractivity contribution in [3.05, 3.63) is 12.3 Å². The average molecular weight is 402 g/mol. The van der Waals surface area contributed by atoms with Crippen molar-refractivity contribution >= 4 is 11.8 Å². The Balaban J connectivity index is 1.14. The third-order valence-corrected chi connectivity index (χ3v) is 7.17. The van der Waals surface area contributed by atoms with Crippen molar-refractivity contribution in [2.45, 2.75) is 75.7 Å². The zero-order chi connectivity index (χ0) is 19.5. The summed E-state index contributed by atoms with van der Waals surface area (Å²) >= 11 is 0. The number of likely N-dealkylation sites (tertiary alicyclic amines) is 1. The lowest BCUT2D eigenvalue weighted by Gasteiger charge is -2.39. The van der Waals surface area contributed by atoms with Crippen LogP contribution in [0, 0.1) is 0 Å². The summed E-state index contributed by atoms with van der Waals surface area (Å²) in [5, 5.41) is 3.61. The normalized spacial score (nSPS) is 28.7. The molecule has 3 saturated heterocycles. The van der Waals surface area contributed by atoms with Gasteiger partial charge in [0.1, 0.15) is 5.82 Å². The molecule has 1 aromatic heterocycles. The highest BCUT2D eigenvalue weighted by molar-refractivity contribution is 5.43. The summed E-state index contributed by atoms with van der Waals surface area (Å²) < 4.78 is 11.8. The Morgan fingerprint density at radius 1 is 0.966 bits per heavy atom. The van der Waals surface area contributed by atoms with E-state index < -0.39 is 0 Å². The molecule has 1 spiro atoms. The van der Waals surface area contributed by atoms with E-state index in [1.165, 1.54) is 38.5 Å². The maximum absolute atomic E-state index is 5.89. The molecule has 0 aromatic carbocycles. The third-order valence-electron chi connectivity index (χ3n) is 7.17. The smallest absolute Gasteiger partial charge is 0.224 e. The highest BCUT2D eigenvalue weighted by Crippen LogP contribution is 2.38. The molecular weight excluding hydrogens is 366 g/mol. The molecule has 1 aromatic rings. The maximum atomic E-state index is 5.89. The van der Waals surface area contributed by atoms with Gasteiger partial charge in [0.05, 0.1) is 13.2 Å².